The first-order valence-corrected chi connectivity index (χ1v) is 12.5. The van der Waals surface area contributed by atoms with E-state index < -0.39 is 15.8 Å². The van der Waals surface area contributed by atoms with Crippen molar-refractivity contribution in [2.75, 3.05) is 28.3 Å². The number of rotatable bonds is 6. The molecule has 0 aliphatic carbocycles. The number of aryl methyl sites for hydroxylation is 1. The zero-order chi connectivity index (χ0) is 23.4. The maximum Gasteiger partial charge on any atom is 0.244 e. The highest BCUT2D eigenvalue weighted by atomic mass is 32.2. The zero-order valence-corrected chi connectivity index (χ0v) is 19.0. The van der Waals surface area contributed by atoms with Crippen molar-refractivity contribution >= 4 is 33.0 Å². The summed E-state index contributed by atoms with van der Waals surface area (Å²) < 4.78 is 28.5. The Morgan fingerprint density at radius 2 is 1.73 bits per heavy atom. The van der Waals surface area contributed by atoms with Gasteiger partial charge >= 0.3 is 0 Å². The van der Waals surface area contributed by atoms with Crippen molar-refractivity contribution in [1.82, 2.24) is 4.98 Å². The van der Waals surface area contributed by atoms with Crippen LogP contribution in [0.2, 0.25) is 0 Å². The van der Waals surface area contributed by atoms with Crippen molar-refractivity contribution < 1.29 is 22.4 Å². The Hall–Kier alpha value is -3.46. The van der Waals surface area contributed by atoms with Gasteiger partial charge in [-0.15, -0.1) is 0 Å². The zero-order valence-electron chi connectivity index (χ0n) is 18.2. The molecule has 0 saturated carbocycles. The number of amides is 2. The minimum Gasteiger partial charge on any atom is -0.451 e. The van der Waals surface area contributed by atoms with Gasteiger partial charge in [0.05, 0.1) is 11.5 Å². The molecule has 33 heavy (non-hydrogen) atoms. The highest BCUT2D eigenvalue weighted by molar-refractivity contribution is 7.91. The Bertz CT molecular complexity index is 1210. The number of aromatic nitrogens is 1. The molecule has 0 atom stereocenters. The first-order valence-electron chi connectivity index (χ1n) is 10.7. The summed E-state index contributed by atoms with van der Waals surface area (Å²) >= 11 is 0. The molecule has 1 saturated heterocycles. The number of nitrogens with zero attached hydrogens (tertiary/aromatic N) is 2. The van der Waals surface area contributed by atoms with Crippen LogP contribution in [0.15, 0.2) is 65.6 Å². The van der Waals surface area contributed by atoms with Gasteiger partial charge in [0, 0.05) is 22.9 Å². The third-order valence-corrected chi connectivity index (χ3v) is 7.43. The lowest BCUT2D eigenvalue weighted by atomic mass is 10.0. The van der Waals surface area contributed by atoms with Gasteiger partial charge in [-0.05, 0) is 44.0 Å². The molecular formula is C24H25N3O5S. The quantitative estimate of drug-likeness (QED) is 0.595. The first-order chi connectivity index (χ1) is 15.8. The van der Waals surface area contributed by atoms with Crippen LogP contribution in [0.5, 0.6) is 0 Å². The Labute approximate surface area is 192 Å². The number of hydrogen-bond acceptors (Lipinski definition) is 6. The number of anilines is 2. The molecule has 0 unspecified atom stereocenters. The lowest BCUT2D eigenvalue weighted by Crippen LogP contribution is -2.43. The van der Waals surface area contributed by atoms with Crippen molar-refractivity contribution in [2.45, 2.75) is 19.8 Å². The fraction of sp³-hybridized carbons (Fsp3) is 0.292. The van der Waals surface area contributed by atoms with Crippen molar-refractivity contribution in [3.63, 3.8) is 0 Å². The number of benzene rings is 2. The summed E-state index contributed by atoms with van der Waals surface area (Å²) in [6, 6.07) is 14.5. The van der Waals surface area contributed by atoms with Gasteiger partial charge in [0.2, 0.25) is 11.8 Å². The van der Waals surface area contributed by atoms with Crippen LogP contribution in [0.4, 0.5) is 11.4 Å². The molecule has 2 aromatic carbocycles. The fourth-order valence-electron chi connectivity index (χ4n) is 3.80. The third kappa shape index (κ3) is 5.67. The maximum atomic E-state index is 13.3. The van der Waals surface area contributed by atoms with E-state index in [1.54, 1.807) is 24.3 Å². The molecule has 0 bridgehead atoms. The van der Waals surface area contributed by atoms with Crippen molar-refractivity contribution in [3.05, 3.63) is 66.8 Å². The van der Waals surface area contributed by atoms with Gasteiger partial charge in [-0.1, -0.05) is 29.8 Å². The first kappa shape index (κ1) is 22.7. The van der Waals surface area contributed by atoms with E-state index in [4.69, 9.17) is 4.42 Å². The number of sulfone groups is 1. The van der Waals surface area contributed by atoms with Crippen LogP contribution in [0.3, 0.4) is 0 Å². The van der Waals surface area contributed by atoms with Crippen LogP contribution < -0.4 is 10.2 Å². The molecule has 9 heteroatoms. The highest BCUT2D eigenvalue weighted by Crippen LogP contribution is 2.25. The highest BCUT2D eigenvalue weighted by Gasteiger charge is 2.32. The van der Waals surface area contributed by atoms with Crippen LogP contribution in [0, 0.1) is 12.8 Å². The Morgan fingerprint density at radius 3 is 2.33 bits per heavy atom. The van der Waals surface area contributed by atoms with Crippen molar-refractivity contribution in [3.8, 4) is 11.3 Å². The van der Waals surface area contributed by atoms with Crippen LogP contribution in [-0.2, 0) is 19.4 Å². The molecule has 8 nitrogen and oxygen atoms in total. The van der Waals surface area contributed by atoms with Gasteiger partial charge in [-0.3, -0.25) is 9.59 Å². The second kappa shape index (κ2) is 9.58. The monoisotopic (exact) mass is 467 g/mol. The lowest BCUT2D eigenvalue weighted by molar-refractivity contribution is -0.124. The molecule has 1 aliphatic heterocycles. The average Bonchev–Trinajstić information content (AvgIpc) is 3.33. The summed E-state index contributed by atoms with van der Waals surface area (Å²) in [5.74, 6) is -1.01. The normalized spacial score (nSPS) is 15.7. The standard InChI is InChI=1S/C24H25N3O5S/c1-17-2-8-21(9-3-17)27(24(29)19-10-12-33(30,31)13-11-19)14-23(28)26-20-6-4-18(5-7-20)22-15-32-16-25-22/h2-9,15-16,19H,10-14H2,1H3,(H,26,28). The van der Waals surface area contributed by atoms with Crippen LogP contribution in [-0.4, -0.2) is 43.3 Å². The van der Waals surface area contributed by atoms with Gasteiger partial charge in [-0.25, -0.2) is 13.4 Å². The molecule has 2 amide bonds. The summed E-state index contributed by atoms with van der Waals surface area (Å²) in [7, 11) is -3.09. The molecular weight excluding hydrogens is 442 g/mol. The third-order valence-electron chi connectivity index (χ3n) is 5.71. The minimum atomic E-state index is -3.09. The lowest BCUT2D eigenvalue weighted by Gasteiger charge is -2.29. The topological polar surface area (TPSA) is 110 Å². The molecule has 1 fully saturated rings. The predicted octanol–water partition coefficient (Wildman–Crippen LogP) is 3.45. The summed E-state index contributed by atoms with van der Waals surface area (Å²) in [6.07, 6.45) is 3.43. The molecule has 0 radical (unpaired) electrons. The van der Waals surface area contributed by atoms with Crippen molar-refractivity contribution in [1.29, 1.82) is 0 Å². The molecule has 172 valence electrons. The fourth-order valence-corrected chi connectivity index (χ4v) is 5.29. The van der Waals surface area contributed by atoms with Crippen LogP contribution in [0.25, 0.3) is 11.3 Å². The van der Waals surface area contributed by atoms with E-state index in [1.807, 2.05) is 31.2 Å². The smallest absolute Gasteiger partial charge is 0.244 e. The van der Waals surface area contributed by atoms with Gasteiger partial charge in [0.25, 0.3) is 0 Å². The molecule has 2 heterocycles. The Morgan fingerprint density at radius 1 is 1.06 bits per heavy atom. The SMILES string of the molecule is Cc1ccc(N(CC(=O)Nc2ccc(-c3cocn3)cc2)C(=O)C2CCS(=O)(=O)CC2)cc1. The van der Waals surface area contributed by atoms with Crippen LogP contribution >= 0.6 is 0 Å². The predicted molar refractivity (Wildman–Crippen MR) is 125 cm³/mol. The van der Waals surface area contributed by atoms with E-state index in [0.29, 0.717) is 17.1 Å². The molecule has 0 spiro atoms. The summed E-state index contributed by atoms with van der Waals surface area (Å²) in [6.45, 7) is 1.77. The number of nitrogens with one attached hydrogen (secondary N) is 1. The summed E-state index contributed by atoms with van der Waals surface area (Å²) in [5.41, 5.74) is 3.78. The maximum absolute atomic E-state index is 13.3. The number of carbonyl (C=O) groups is 2. The number of oxazole rings is 1. The number of hydrogen-bond donors (Lipinski definition) is 1. The molecule has 1 aliphatic rings. The van der Waals surface area contributed by atoms with Gasteiger partial charge in [0.15, 0.2) is 6.39 Å². The molecule has 1 N–H and O–H groups in total. The summed E-state index contributed by atoms with van der Waals surface area (Å²) in [4.78, 5) is 31.7. The largest absolute Gasteiger partial charge is 0.451 e. The van der Waals surface area contributed by atoms with Gasteiger partial charge in [0.1, 0.15) is 28.3 Å². The number of carbonyl (C=O) groups excluding carboxylic acids is 2. The second-order valence-corrected chi connectivity index (χ2v) is 10.5. The van der Waals surface area contributed by atoms with E-state index in [2.05, 4.69) is 10.3 Å². The van der Waals surface area contributed by atoms with E-state index in [1.165, 1.54) is 17.6 Å². The average molecular weight is 468 g/mol. The molecule has 4 rings (SSSR count). The van der Waals surface area contributed by atoms with E-state index in [9.17, 15) is 18.0 Å². The Kier molecular flexibility index (Phi) is 6.60. The van der Waals surface area contributed by atoms with E-state index in [-0.39, 0.29) is 42.7 Å². The Balaban J connectivity index is 1.48. The van der Waals surface area contributed by atoms with E-state index in [0.717, 1.165) is 11.1 Å². The van der Waals surface area contributed by atoms with Crippen LogP contribution in [0.1, 0.15) is 18.4 Å². The molecule has 3 aromatic rings. The molecule has 1 aromatic heterocycles. The van der Waals surface area contributed by atoms with Crippen molar-refractivity contribution in [2.24, 2.45) is 5.92 Å². The second-order valence-electron chi connectivity index (χ2n) is 8.19. The van der Waals surface area contributed by atoms with Gasteiger partial charge < -0.3 is 14.6 Å². The summed E-state index contributed by atoms with van der Waals surface area (Å²) in [5, 5.41) is 2.82. The minimum absolute atomic E-state index is 0.00475. The van der Waals surface area contributed by atoms with E-state index >= 15 is 0 Å². The van der Waals surface area contributed by atoms with Gasteiger partial charge in [-0.2, -0.15) is 0 Å².